The van der Waals surface area contributed by atoms with Crippen molar-refractivity contribution in [1.29, 1.82) is 0 Å². The number of halogens is 1. The molecule has 1 aliphatic carbocycles. The Kier molecular flexibility index (Phi) is 5.99. The lowest BCUT2D eigenvalue weighted by Gasteiger charge is -2.29. The maximum Gasteiger partial charge on any atom is 0.123 e. The van der Waals surface area contributed by atoms with E-state index in [1.54, 1.807) is 6.07 Å². The van der Waals surface area contributed by atoms with Crippen LogP contribution >= 0.6 is 0 Å². The Morgan fingerprint density at radius 3 is 2.70 bits per heavy atom. The minimum absolute atomic E-state index is 0.179. The molecule has 0 saturated heterocycles. The Labute approximate surface area is 121 Å². The van der Waals surface area contributed by atoms with Gasteiger partial charge in [-0.2, -0.15) is 0 Å². The van der Waals surface area contributed by atoms with Crippen molar-refractivity contribution in [3.63, 3.8) is 0 Å². The molecule has 1 saturated carbocycles. The number of hydrogen-bond acceptors (Lipinski definition) is 2. The number of ether oxygens (including phenoxy) is 1. The Hall–Kier alpha value is -0.930. The van der Waals surface area contributed by atoms with Crippen molar-refractivity contribution in [3.8, 4) is 0 Å². The highest BCUT2D eigenvalue weighted by Gasteiger charge is 2.21. The quantitative estimate of drug-likeness (QED) is 0.851. The molecular formula is C17H26FNO. The zero-order valence-electron chi connectivity index (χ0n) is 12.6. The van der Waals surface area contributed by atoms with Gasteiger partial charge in [-0.25, -0.2) is 4.39 Å². The molecule has 20 heavy (non-hydrogen) atoms. The molecule has 3 heteroatoms. The topological polar surface area (TPSA) is 21.3 Å². The van der Waals surface area contributed by atoms with Gasteiger partial charge in [0, 0.05) is 6.04 Å². The Morgan fingerprint density at radius 1 is 1.25 bits per heavy atom. The average molecular weight is 279 g/mol. The second-order valence-corrected chi connectivity index (χ2v) is 5.81. The minimum Gasteiger partial charge on any atom is -0.374 e. The van der Waals surface area contributed by atoms with Crippen molar-refractivity contribution in [2.75, 3.05) is 6.54 Å². The molecule has 2 rings (SSSR count). The van der Waals surface area contributed by atoms with Gasteiger partial charge in [-0.05, 0) is 68.8 Å². The number of hydrogen-bond donors (Lipinski definition) is 1. The lowest BCUT2D eigenvalue weighted by molar-refractivity contribution is 0.0110. The normalized spacial score (nSPS) is 22.9. The summed E-state index contributed by atoms with van der Waals surface area (Å²) in [4.78, 5) is 0. The van der Waals surface area contributed by atoms with E-state index in [-0.39, 0.29) is 5.82 Å². The van der Waals surface area contributed by atoms with Crippen molar-refractivity contribution in [3.05, 3.63) is 35.1 Å². The van der Waals surface area contributed by atoms with Gasteiger partial charge < -0.3 is 10.1 Å². The monoisotopic (exact) mass is 279 g/mol. The predicted molar refractivity (Wildman–Crippen MR) is 80.3 cm³/mol. The number of aryl methyl sites for hydroxylation is 1. The summed E-state index contributed by atoms with van der Waals surface area (Å²) >= 11 is 0. The van der Waals surface area contributed by atoms with Crippen LogP contribution in [0.15, 0.2) is 18.2 Å². The van der Waals surface area contributed by atoms with Crippen molar-refractivity contribution in [2.45, 2.75) is 64.7 Å². The van der Waals surface area contributed by atoms with Gasteiger partial charge in [-0.3, -0.25) is 0 Å². The smallest absolute Gasteiger partial charge is 0.123 e. The molecular weight excluding hydrogens is 253 g/mol. The van der Waals surface area contributed by atoms with Gasteiger partial charge in [0.05, 0.1) is 12.7 Å². The molecule has 1 aromatic carbocycles. The fourth-order valence-corrected chi connectivity index (χ4v) is 2.79. The summed E-state index contributed by atoms with van der Waals surface area (Å²) in [6, 6.07) is 5.57. The van der Waals surface area contributed by atoms with Crippen molar-refractivity contribution in [2.24, 2.45) is 0 Å². The average Bonchev–Trinajstić information content (AvgIpc) is 2.47. The van der Waals surface area contributed by atoms with E-state index in [1.165, 1.54) is 25.3 Å². The molecule has 1 N–H and O–H groups in total. The largest absolute Gasteiger partial charge is 0.374 e. The zero-order valence-corrected chi connectivity index (χ0v) is 12.6. The van der Waals surface area contributed by atoms with Crippen LogP contribution in [-0.2, 0) is 11.3 Å². The van der Waals surface area contributed by atoms with E-state index in [2.05, 4.69) is 12.2 Å². The van der Waals surface area contributed by atoms with Crippen LogP contribution in [0.25, 0.3) is 0 Å². The van der Waals surface area contributed by atoms with Crippen LogP contribution < -0.4 is 5.32 Å². The van der Waals surface area contributed by atoms with Crippen LogP contribution in [0.4, 0.5) is 4.39 Å². The fraction of sp³-hybridized carbons (Fsp3) is 0.647. The highest BCUT2D eigenvalue weighted by Crippen LogP contribution is 2.23. The van der Waals surface area contributed by atoms with Crippen molar-refractivity contribution < 1.29 is 9.13 Å². The molecule has 1 fully saturated rings. The van der Waals surface area contributed by atoms with Gasteiger partial charge in [0.2, 0.25) is 0 Å². The molecule has 1 aromatic rings. The van der Waals surface area contributed by atoms with E-state index in [0.717, 1.165) is 30.5 Å². The zero-order chi connectivity index (χ0) is 14.4. The van der Waals surface area contributed by atoms with E-state index >= 15 is 0 Å². The van der Waals surface area contributed by atoms with E-state index in [0.29, 0.717) is 18.8 Å². The first-order chi connectivity index (χ1) is 9.69. The van der Waals surface area contributed by atoms with E-state index in [1.807, 2.05) is 13.0 Å². The second-order valence-electron chi connectivity index (χ2n) is 5.81. The highest BCUT2D eigenvalue weighted by atomic mass is 19.1. The first-order valence-corrected chi connectivity index (χ1v) is 7.79. The molecule has 0 heterocycles. The molecule has 0 atom stereocenters. The number of benzene rings is 1. The van der Waals surface area contributed by atoms with Gasteiger partial charge in [0.25, 0.3) is 0 Å². The maximum atomic E-state index is 13.2. The summed E-state index contributed by atoms with van der Waals surface area (Å²) in [6.45, 7) is 5.84. The summed E-state index contributed by atoms with van der Waals surface area (Å²) in [5, 5.41) is 3.58. The molecule has 2 nitrogen and oxygen atoms in total. The first kappa shape index (κ1) is 15.5. The molecule has 0 amide bonds. The van der Waals surface area contributed by atoms with Gasteiger partial charge >= 0.3 is 0 Å². The van der Waals surface area contributed by atoms with Crippen LogP contribution in [0.2, 0.25) is 0 Å². The van der Waals surface area contributed by atoms with Gasteiger partial charge in [0.1, 0.15) is 5.82 Å². The SMILES string of the molecule is CCCNC1CCC(OCc2cc(F)ccc2C)CC1. The predicted octanol–water partition coefficient (Wildman–Crippen LogP) is 3.96. The van der Waals surface area contributed by atoms with Gasteiger partial charge in [-0.15, -0.1) is 0 Å². The number of nitrogens with one attached hydrogen (secondary N) is 1. The lowest BCUT2D eigenvalue weighted by atomic mass is 9.93. The Morgan fingerprint density at radius 2 is 2.00 bits per heavy atom. The van der Waals surface area contributed by atoms with Gasteiger partial charge in [0.15, 0.2) is 0 Å². The highest BCUT2D eigenvalue weighted by molar-refractivity contribution is 5.25. The Balaban J connectivity index is 1.74. The minimum atomic E-state index is -0.179. The first-order valence-electron chi connectivity index (χ1n) is 7.79. The molecule has 112 valence electrons. The molecule has 0 aliphatic heterocycles. The third-order valence-electron chi connectivity index (χ3n) is 4.14. The van der Waals surface area contributed by atoms with E-state index in [9.17, 15) is 4.39 Å². The fourth-order valence-electron chi connectivity index (χ4n) is 2.79. The van der Waals surface area contributed by atoms with Crippen LogP contribution in [0.1, 0.15) is 50.2 Å². The summed E-state index contributed by atoms with van der Waals surface area (Å²) in [6.07, 6.45) is 6.11. The lowest BCUT2D eigenvalue weighted by Crippen LogP contribution is -2.35. The maximum absolute atomic E-state index is 13.2. The van der Waals surface area contributed by atoms with Crippen molar-refractivity contribution >= 4 is 0 Å². The second kappa shape index (κ2) is 7.75. The van der Waals surface area contributed by atoms with Crippen LogP contribution in [-0.4, -0.2) is 18.7 Å². The summed E-state index contributed by atoms with van der Waals surface area (Å²) in [5.74, 6) is -0.179. The summed E-state index contributed by atoms with van der Waals surface area (Å²) < 4.78 is 19.2. The standard InChI is InChI=1S/C17H26FNO/c1-3-10-19-16-6-8-17(9-7-16)20-12-14-11-15(18)5-4-13(14)2/h4-5,11,16-17,19H,3,6-10,12H2,1-2H3. The van der Waals surface area contributed by atoms with Gasteiger partial charge in [-0.1, -0.05) is 13.0 Å². The Bertz CT molecular complexity index is 413. The van der Waals surface area contributed by atoms with Crippen LogP contribution in [0.3, 0.4) is 0 Å². The van der Waals surface area contributed by atoms with E-state index in [4.69, 9.17) is 4.74 Å². The third kappa shape index (κ3) is 4.57. The molecule has 0 bridgehead atoms. The van der Waals surface area contributed by atoms with Crippen LogP contribution in [0.5, 0.6) is 0 Å². The summed E-state index contributed by atoms with van der Waals surface area (Å²) in [5.41, 5.74) is 2.07. The molecule has 1 aliphatic rings. The van der Waals surface area contributed by atoms with Crippen molar-refractivity contribution in [1.82, 2.24) is 5.32 Å². The van der Waals surface area contributed by atoms with Crippen LogP contribution in [0, 0.1) is 12.7 Å². The third-order valence-corrected chi connectivity index (χ3v) is 4.14. The molecule has 0 aromatic heterocycles. The molecule has 0 radical (unpaired) electrons. The number of rotatable bonds is 6. The summed E-state index contributed by atoms with van der Waals surface area (Å²) in [7, 11) is 0. The molecule has 0 unspecified atom stereocenters. The molecule has 0 spiro atoms. The van der Waals surface area contributed by atoms with E-state index < -0.39 is 0 Å².